The average Bonchev–Trinajstić information content (AvgIpc) is 2.03. The van der Waals surface area contributed by atoms with Crippen LogP contribution in [0.3, 0.4) is 0 Å². The third kappa shape index (κ3) is 2.24. The van der Waals surface area contributed by atoms with Gasteiger partial charge < -0.3 is 5.73 Å². The molecule has 0 aromatic rings. The van der Waals surface area contributed by atoms with Gasteiger partial charge in [0.1, 0.15) is 0 Å². The zero-order valence-corrected chi connectivity index (χ0v) is 6.69. The zero-order valence-electron chi connectivity index (χ0n) is 6.69. The summed E-state index contributed by atoms with van der Waals surface area (Å²) in [4.78, 5) is 0. The largest absolute Gasteiger partial charge is 0.412 e. The van der Waals surface area contributed by atoms with Gasteiger partial charge in [0.05, 0.1) is 0 Å². The van der Waals surface area contributed by atoms with Crippen molar-refractivity contribution in [3.8, 4) is 0 Å². The van der Waals surface area contributed by atoms with E-state index in [2.05, 4.69) is 0 Å². The molecule has 70 valence electrons. The van der Waals surface area contributed by atoms with Crippen molar-refractivity contribution in [3.05, 3.63) is 11.6 Å². The van der Waals surface area contributed by atoms with Crippen LogP contribution < -0.4 is 5.73 Å². The second kappa shape index (κ2) is 3.47. The molecule has 0 radical (unpaired) electrons. The fraction of sp³-hybridized carbons (Fsp3) is 0.750. The van der Waals surface area contributed by atoms with Gasteiger partial charge in [-0.25, -0.2) is 0 Å². The summed E-state index contributed by atoms with van der Waals surface area (Å²) in [7, 11) is 0. The van der Waals surface area contributed by atoms with Crippen LogP contribution in [0.1, 0.15) is 19.3 Å². The van der Waals surface area contributed by atoms with Crippen molar-refractivity contribution in [2.75, 3.05) is 6.54 Å². The van der Waals surface area contributed by atoms with Gasteiger partial charge in [0.15, 0.2) is 0 Å². The van der Waals surface area contributed by atoms with Gasteiger partial charge in [-0.05, 0) is 31.7 Å². The van der Waals surface area contributed by atoms with Gasteiger partial charge in [-0.3, -0.25) is 0 Å². The van der Waals surface area contributed by atoms with Crippen LogP contribution in [0, 0.1) is 5.92 Å². The lowest BCUT2D eigenvalue weighted by Gasteiger charge is -2.21. The maximum atomic E-state index is 12.1. The second-order valence-corrected chi connectivity index (χ2v) is 3.10. The van der Waals surface area contributed by atoms with Gasteiger partial charge in [-0.15, -0.1) is 0 Å². The number of allylic oxidation sites excluding steroid dienone is 2. The molecule has 4 heteroatoms. The van der Waals surface area contributed by atoms with E-state index in [4.69, 9.17) is 5.73 Å². The van der Waals surface area contributed by atoms with Crippen molar-refractivity contribution < 1.29 is 13.2 Å². The molecule has 1 nitrogen and oxygen atoms in total. The molecule has 1 rings (SSSR count). The molecular formula is C8H12F3N. The van der Waals surface area contributed by atoms with E-state index in [1.807, 2.05) is 0 Å². The van der Waals surface area contributed by atoms with Crippen LogP contribution in [0.2, 0.25) is 0 Å². The molecule has 1 unspecified atom stereocenters. The van der Waals surface area contributed by atoms with Crippen molar-refractivity contribution in [2.24, 2.45) is 11.7 Å². The highest BCUT2D eigenvalue weighted by atomic mass is 19.4. The molecule has 0 aromatic carbocycles. The quantitative estimate of drug-likeness (QED) is 0.614. The van der Waals surface area contributed by atoms with Crippen LogP contribution in [-0.2, 0) is 0 Å². The minimum absolute atomic E-state index is 0.130. The number of hydrogen-bond acceptors (Lipinski definition) is 1. The number of alkyl halides is 3. The third-order valence-electron chi connectivity index (χ3n) is 2.22. The lowest BCUT2D eigenvalue weighted by molar-refractivity contribution is -0.0955. The van der Waals surface area contributed by atoms with Gasteiger partial charge in [-0.2, -0.15) is 13.2 Å². The standard InChI is InChI=1S/C8H12F3N/c9-8(10,11)7-3-1-6(5-12)2-4-7/h3,6H,1-2,4-5,12H2. The number of nitrogens with two attached hydrogens (primary N) is 1. The summed E-state index contributed by atoms with van der Waals surface area (Å²) < 4.78 is 36.2. The second-order valence-electron chi connectivity index (χ2n) is 3.10. The molecule has 0 saturated heterocycles. The molecule has 2 N–H and O–H groups in total. The monoisotopic (exact) mass is 179 g/mol. The van der Waals surface area contributed by atoms with Gasteiger partial charge in [0.2, 0.25) is 0 Å². The van der Waals surface area contributed by atoms with Crippen LogP contribution in [0.4, 0.5) is 13.2 Å². The smallest absolute Gasteiger partial charge is 0.330 e. The molecule has 0 saturated carbocycles. The van der Waals surface area contributed by atoms with E-state index < -0.39 is 6.18 Å². The van der Waals surface area contributed by atoms with E-state index in [0.717, 1.165) is 0 Å². The maximum absolute atomic E-state index is 12.1. The van der Waals surface area contributed by atoms with E-state index >= 15 is 0 Å². The van der Waals surface area contributed by atoms with Crippen molar-refractivity contribution in [2.45, 2.75) is 25.4 Å². The molecule has 1 aliphatic rings. The van der Waals surface area contributed by atoms with Crippen LogP contribution in [0.25, 0.3) is 0 Å². The summed E-state index contributed by atoms with van der Waals surface area (Å²) in [5.41, 5.74) is 4.97. The van der Waals surface area contributed by atoms with Crippen LogP contribution in [0.5, 0.6) is 0 Å². The number of hydrogen-bond donors (Lipinski definition) is 1. The minimum Gasteiger partial charge on any atom is -0.330 e. The highest BCUT2D eigenvalue weighted by Crippen LogP contribution is 2.34. The van der Waals surface area contributed by atoms with E-state index in [-0.39, 0.29) is 17.9 Å². The topological polar surface area (TPSA) is 26.0 Å². The first-order valence-corrected chi connectivity index (χ1v) is 4.00. The SMILES string of the molecule is NCC1CC=C(C(F)(F)F)CC1. The summed E-state index contributed by atoms with van der Waals surface area (Å²) >= 11 is 0. The van der Waals surface area contributed by atoms with Gasteiger partial charge in [0, 0.05) is 5.57 Å². The Morgan fingerprint density at radius 3 is 2.50 bits per heavy atom. The molecule has 1 atom stereocenters. The predicted octanol–water partition coefficient (Wildman–Crippen LogP) is 2.23. The Balaban J connectivity index is 2.56. The molecule has 0 spiro atoms. The fourth-order valence-electron chi connectivity index (χ4n) is 1.36. The summed E-state index contributed by atoms with van der Waals surface area (Å²) in [5.74, 6) is 0.246. The Morgan fingerprint density at radius 2 is 2.17 bits per heavy atom. The van der Waals surface area contributed by atoms with E-state index in [1.54, 1.807) is 0 Å². The molecule has 0 aliphatic heterocycles. The molecule has 0 aromatic heterocycles. The predicted molar refractivity (Wildman–Crippen MR) is 40.5 cm³/mol. The summed E-state index contributed by atoms with van der Waals surface area (Å²) in [6.07, 6.45) is -1.67. The Morgan fingerprint density at radius 1 is 1.50 bits per heavy atom. The van der Waals surface area contributed by atoms with Gasteiger partial charge in [-0.1, -0.05) is 6.08 Å². The average molecular weight is 179 g/mol. The Bertz CT molecular complexity index is 183. The molecule has 12 heavy (non-hydrogen) atoms. The highest BCUT2D eigenvalue weighted by Gasteiger charge is 2.34. The van der Waals surface area contributed by atoms with Crippen molar-refractivity contribution in [1.29, 1.82) is 0 Å². The molecule has 0 fully saturated rings. The van der Waals surface area contributed by atoms with E-state index in [9.17, 15) is 13.2 Å². The first kappa shape index (κ1) is 9.58. The molecule has 0 amide bonds. The Labute approximate surface area is 69.4 Å². The van der Waals surface area contributed by atoms with Crippen LogP contribution in [0.15, 0.2) is 11.6 Å². The van der Waals surface area contributed by atoms with Gasteiger partial charge >= 0.3 is 6.18 Å². The van der Waals surface area contributed by atoms with Crippen molar-refractivity contribution in [1.82, 2.24) is 0 Å². The van der Waals surface area contributed by atoms with E-state index in [0.29, 0.717) is 19.4 Å². The Kier molecular flexibility index (Phi) is 2.77. The van der Waals surface area contributed by atoms with Crippen molar-refractivity contribution >= 4 is 0 Å². The number of halogens is 3. The first-order valence-electron chi connectivity index (χ1n) is 4.00. The highest BCUT2D eigenvalue weighted by molar-refractivity contribution is 5.12. The summed E-state index contributed by atoms with van der Waals surface area (Å²) in [6, 6.07) is 0. The maximum Gasteiger partial charge on any atom is 0.412 e. The van der Waals surface area contributed by atoms with E-state index in [1.165, 1.54) is 6.08 Å². The molecular weight excluding hydrogens is 167 g/mol. The van der Waals surface area contributed by atoms with Crippen molar-refractivity contribution in [3.63, 3.8) is 0 Å². The first-order chi connectivity index (χ1) is 5.54. The van der Waals surface area contributed by atoms with Crippen LogP contribution >= 0.6 is 0 Å². The normalized spacial score (nSPS) is 25.3. The molecule has 0 bridgehead atoms. The summed E-state index contributed by atoms with van der Waals surface area (Å²) in [5, 5.41) is 0. The molecule has 1 aliphatic carbocycles. The zero-order chi connectivity index (χ0) is 9.19. The lowest BCUT2D eigenvalue weighted by atomic mass is 9.89. The third-order valence-corrected chi connectivity index (χ3v) is 2.22. The van der Waals surface area contributed by atoms with Crippen LogP contribution in [-0.4, -0.2) is 12.7 Å². The lowest BCUT2D eigenvalue weighted by Crippen LogP contribution is -2.21. The molecule has 0 heterocycles. The Hall–Kier alpha value is -0.510. The van der Waals surface area contributed by atoms with Gasteiger partial charge in [0.25, 0.3) is 0 Å². The number of rotatable bonds is 1. The fourth-order valence-corrected chi connectivity index (χ4v) is 1.36. The summed E-state index contributed by atoms with van der Waals surface area (Å²) in [6.45, 7) is 0.488. The minimum atomic E-state index is -4.13.